The number of nitrogens with one attached hydrogen (secondary N) is 2. The van der Waals surface area contributed by atoms with Gasteiger partial charge in [-0.1, -0.05) is 50.2 Å². The largest absolute Gasteiger partial charge is 0.489 e. The smallest absolute Gasteiger partial charge is 0.262 e. The molecule has 3 aromatic rings. The Hall–Kier alpha value is -3.80. The predicted molar refractivity (Wildman–Crippen MR) is 121 cm³/mol. The molecule has 0 atom stereocenters. The first-order valence-electron chi connectivity index (χ1n) is 10.1. The topological polar surface area (TPSA) is 76.7 Å². The summed E-state index contributed by atoms with van der Waals surface area (Å²) in [5, 5.41) is 5.57. The van der Waals surface area contributed by atoms with E-state index in [0.717, 1.165) is 11.3 Å². The number of rotatable bonds is 9. The number of carbonyl (C=O) groups excluding carboxylic acids is 2. The van der Waals surface area contributed by atoms with Gasteiger partial charge in [0.15, 0.2) is 6.61 Å². The quantitative estimate of drug-likeness (QED) is 0.519. The standard InChI is InChI=1S/C25H26N2O4/c1-18(2)25(29)27-21-10-6-9-20(15-21)26-24(28)17-31-23-13-11-22(12-14-23)30-16-19-7-4-3-5-8-19/h3-15,18H,16-17H2,1-2H3,(H,26,28)(H,27,29). The summed E-state index contributed by atoms with van der Waals surface area (Å²) < 4.78 is 11.3. The number of hydrogen-bond acceptors (Lipinski definition) is 4. The van der Waals surface area contributed by atoms with E-state index in [4.69, 9.17) is 9.47 Å². The summed E-state index contributed by atoms with van der Waals surface area (Å²) in [7, 11) is 0. The van der Waals surface area contributed by atoms with Crippen LogP contribution in [0.25, 0.3) is 0 Å². The van der Waals surface area contributed by atoms with Gasteiger partial charge in [0.05, 0.1) is 0 Å². The number of benzene rings is 3. The average Bonchev–Trinajstić information content (AvgIpc) is 2.78. The number of amides is 2. The van der Waals surface area contributed by atoms with Crippen molar-refractivity contribution in [1.29, 1.82) is 0 Å². The van der Waals surface area contributed by atoms with Gasteiger partial charge < -0.3 is 20.1 Å². The molecule has 6 heteroatoms. The second kappa shape index (κ2) is 10.8. The number of ether oxygens (including phenoxy) is 2. The molecule has 3 aromatic carbocycles. The SMILES string of the molecule is CC(C)C(=O)Nc1cccc(NC(=O)COc2ccc(OCc3ccccc3)cc2)c1. The van der Waals surface area contributed by atoms with Gasteiger partial charge in [-0.2, -0.15) is 0 Å². The molecule has 0 aromatic heterocycles. The minimum Gasteiger partial charge on any atom is -0.489 e. The van der Waals surface area contributed by atoms with E-state index in [-0.39, 0.29) is 24.3 Å². The first kappa shape index (κ1) is 21.9. The Kier molecular flexibility index (Phi) is 7.65. The zero-order valence-corrected chi connectivity index (χ0v) is 17.6. The number of carbonyl (C=O) groups is 2. The minimum absolute atomic E-state index is 0.0806. The predicted octanol–water partition coefficient (Wildman–Crippen LogP) is 4.88. The second-order valence-electron chi connectivity index (χ2n) is 7.31. The summed E-state index contributed by atoms with van der Waals surface area (Å²) in [6.07, 6.45) is 0. The van der Waals surface area contributed by atoms with E-state index in [1.54, 1.807) is 48.5 Å². The first-order valence-corrected chi connectivity index (χ1v) is 10.1. The molecule has 3 rings (SSSR count). The molecule has 6 nitrogen and oxygen atoms in total. The van der Waals surface area contributed by atoms with Crippen LogP contribution in [-0.2, 0) is 16.2 Å². The van der Waals surface area contributed by atoms with Gasteiger partial charge in [0.2, 0.25) is 5.91 Å². The van der Waals surface area contributed by atoms with Gasteiger partial charge in [0.25, 0.3) is 5.91 Å². The van der Waals surface area contributed by atoms with Gasteiger partial charge in [-0.15, -0.1) is 0 Å². The fourth-order valence-corrected chi connectivity index (χ4v) is 2.68. The van der Waals surface area contributed by atoms with Crippen molar-refractivity contribution in [2.75, 3.05) is 17.2 Å². The molecule has 0 aliphatic heterocycles. The molecule has 0 radical (unpaired) electrons. The second-order valence-corrected chi connectivity index (χ2v) is 7.31. The fourth-order valence-electron chi connectivity index (χ4n) is 2.68. The van der Waals surface area contributed by atoms with Crippen molar-refractivity contribution < 1.29 is 19.1 Å². The van der Waals surface area contributed by atoms with Crippen molar-refractivity contribution in [2.45, 2.75) is 20.5 Å². The zero-order chi connectivity index (χ0) is 22.1. The fraction of sp³-hybridized carbons (Fsp3) is 0.200. The molecule has 0 saturated heterocycles. The molecular formula is C25H26N2O4. The maximum atomic E-state index is 12.2. The Morgan fingerprint density at radius 2 is 1.39 bits per heavy atom. The van der Waals surface area contributed by atoms with Gasteiger partial charge in [-0.3, -0.25) is 9.59 Å². The molecule has 0 saturated carbocycles. The highest BCUT2D eigenvalue weighted by atomic mass is 16.5. The lowest BCUT2D eigenvalue weighted by molar-refractivity contribution is -0.119. The maximum Gasteiger partial charge on any atom is 0.262 e. The maximum absolute atomic E-state index is 12.2. The van der Waals surface area contributed by atoms with Crippen molar-refractivity contribution in [3.63, 3.8) is 0 Å². The summed E-state index contributed by atoms with van der Waals surface area (Å²) >= 11 is 0. The molecule has 0 heterocycles. The molecule has 0 spiro atoms. The summed E-state index contributed by atoms with van der Waals surface area (Å²) in [4.78, 5) is 24.0. The lowest BCUT2D eigenvalue weighted by Crippen LogP contribution is -2.21. The van der Waals surface area contributed by atoms with Gasteiger partial charge in [0.1, 0.15) is 18.1 Å². The molecule has 0 unspecified atom stereocenters. The van der Waals surface area contributed by atoms with Gasteiger partial charge in [-0.25, -0.2) is 0 Å². The summed E-state index contributed by atoms with van der Waals surface area (Å²) in [5.74, 6) is 0.794. The van der Waals surface area contributed by atoms with E-state index in [2.05, 4.69) is 10.6 Å². The Balaban J connectivity index is 1.45. The Morgan fingerprint density at radius 3 is 2.03 bits per heavy atom. The highest BCUT2D eigenvalue weighted by molar-refractivity contribution is 5.95. The molecule has 0 bridgehead atoms. The van der Waals surface area contributed by atoms with Crippen LogP contribution in [0.4, 0.5) is 11.4 Å². The van der Waals surface area contributed by atoms with Gasteiger partial charge >= 0.3 is 0 Å². The van der Waals surface area contributed by atoms with E-state index in [1.165, 1.54) is 0 Å². The van der Waals surface area contributed by atoms with E-state index < -0.39 is 0 Å². The van der Waals surface area contributed by atoms with Crippen LogP contribution in [0, 0.1) is 5.92 Å². The normalized spacial score (nSPS) is 10.4. The van der Waals surface area contributed by atoms with E-state index >= 15 is 0 Å². The zero-order valence-electron chi connectivity index (χ0n) is 17.6. The third kappa shape index (κ3) is 7.19. The van der Waals surface area contributed by atoms with Crippen LogP contribution in [0.5, 0.6) is 11.5 Å². The van der Waals surface area contributed by atoms with E-state index in [1.807, 2.05) is 44.2 Å². The van der Waals surface area contributed by atoms with Crippen LogP contribution >= 0.6 is 0 Å². The van der Waals surface area contributed by atoms with Crippen LogP contribution in [0.2, 0.25) is 0 Å². The number of anilines is 2. The van der Waals surface area contributed by atoms with Crippen molar-refractivity contribution in [2.24, 2.45) is 5.92 Å². The monoisotopic (exact) mass is 418 g/mol. The van der Waals surface area contributed by atoms with Crippen LogP contribution in [0.3, 0.4) is 0 Å². The van der Waals surface area contributed by atoms with Crippen LogP contribution in [-0.4, -0.2) is 18.4 Å². The first-order chi connectivity index (χ1) is 15.0. The molecule has 2 amide bonds. The Morgan fingerprint density at radius 1 is 0.774 bits per heavy atom. The Bertz CT molecular complexity index is 1000. The lowest BCUT2D eigenvalue weighted by Gasteiger charge is -2.11. The van der Waals surface area contributed by atoms with Crippen molar-refractivity contribution >= 4 is 23.2 Å². The number of hydrogen-bond donors (Lipinski definition) is 2. The van der Waals surface area contributed by atoms with Gasteiger partial charge in [0, 0.05) is 17.3 Å². The Labute approximate surface area is 182 Å². The van der Waals surface area contributed by atoms with Crippen LogP contribution in [0.15, 0.2) is 78.9 Å². The van der Waals surface area contributed by atoms with E-state index in [9.17, 15) is 9.59 Å². The summed E-state index contributed by atoms with van der Waals surface area (Å²) in [5.41, 5.74) is 2.30. The highest BCUT2D eigenvalue weighted by Gasteiger charge is 2.09. The van der Waals surface area contributed by atoms with Crippen molar-refractivity contribution in [3.05, 3.63) is 84.4 Å². The van der Waals surface area contributed by atoms with Crippen molar-refractivity contribution in [1.82, 2.24) is 0 Å². The lowest BCUT2D eigenvalue weighted by atomic mass is 10.2. The molecule has 0 aliphatic carbocycles. The summed E-state index contributed by atoms with van der Waals surface area (Å²) in [6, 6.07) is 24.0. The molecule has 0 fully saturated rings. The average molecular weight is 418 g/mol. The van der Waals surface area contributed by atoms with E-state index in [0.29, 0.717) is 23.7 Å². The van der Waals surface area contributed by atoms with Crippen LogP contribution in [0.1, 0.15) is 19.4 Å². The third-order valence-electron chi connectivity index (χ3n) is 4.38. The molecule has 31 heavy (non-hydrogen) atoms. The highest BCUT2D eigenvalue weighted by Crippen LogP contribution is 2.19. The van der Waals surface area contributed by atoms with Gasteiger partial charge in [-0.05, 0) is 48.0 Å². The van der Waals surface area contributed by atoms with Crippen LogP contribution < -0.4 is 20.1 Å². The van der Waals surface area contributed by atoms with Crippen molar-refractivity contribution in [3.8, 4) is 11.5 Å². The molecule has 0 aliphatic rings. The minimum atomic E-state index is -0.295. The summed E-state index contributed by atoms with van der Waals surface area (Å²) in [6.45, 7) is 3.99. The molecule has 160 valence electrons. The molecule has 2 N–H and O–H groups in total. The third-order valence-corrected chi connectivity index (χ3v) is 4.38. The molecular weight excluding hydrogens is 392 g/mol.